The average Bonchev–Trinajstić information content (AvgIpc) is 2.90. The molecule has 0 aliphatic carbocycles. The number of benzene rings is 2. The van der Waals surface area contributed by atoms with Crippen LogP contribution in [0.1, 0.15) is 16.1 Å². The largest absolute Gasteiger partial charge is 0.457 e. The van der Waals surface area contributed by atoms with E-state index in [9.17, 15) is 4.79 Å². The number of rotatable bonds is 4. The Hall–Kier alpha value is -2.88. The predicted molar refractivity (Wildman–Crippen MR) is 80.2 cm³/mol. The molecule has 0 aliphatic rings. The van der Waals surface area contributed by atoms with Gasteiger partial charge in [-0.05, 0) is 43.3 Å². The number of hydrogen-bond acceptors (Lipinski definition) is 3. The molecule has 21 heavy (non-hydrogen) atoms. The van der Waals surface area contributed by atoms with Crippen molar-refractivity contribution in [3.05, 3.63) is 72.1 Å². The molecule has 4 nitrogen and oxygen atoms in total. The lowest BCUT2D eigenvalue weighted by molar-refractivity contribution is 0.112. The highest BCUT2D eigenvalue weighted by Crippen LogP contribution is 2.22. The topological polar surface area (TPSA) is 44.1 Å². The Bertz CT molecular complexity index is 746. The molecule has 3 rings (SSSR count). The van der Waals surface area contributed by atoms with Crippen molar-refractivity contribution in [3.63, 3.8) is 0 Å². The van der Waals surface area contributed by atoms with E-state index in [1.807, 2.05) is 61.5 Å². The van der Waals surface area contributed by atoms with Crippen LogP contribution in [-0.4, -0.2) is 16.1 Å². The fourth-order valence-corrected chi connectivity index (χ4v) is 2.01. The second kappa shape index (κ2) is 5.63. The van der Waals surface area contributed by atoms with Crippen LogP contribution in [0.4, 0.5) is 0 Å². The van der Waals surface area contributed by atoms with Crippen LogP contribution in [0.5, 0.6) is 11.5 Å². The highest BCUT2D eigenvalue weighted by atomic mass is 16.5. The van der Waals surface area contributed by atoms with Gasteiger partial charge < -0.3 is 4.74 Å². The normalized spacial score (nSPS) is 10.3. The Morgan fingerprint density at radius 2 is 1.67 bits per heavy atom. The lowest BCUT2D eigenvalue weighted by Gasteiger charge is -2.06. The highest BCUT2D eigenvalue weighted by molar-refractivity contribution is 5.76. The summed E-state index contributed by atoms with van der Waals surface area (Å²) < 4.78 is 7.42. The first-order valence-electron chi connectivity index (χ1n) is 6.61. The van der Waals surface area contributed by atoms with Crippen molar-refractivity contribution in [2.24, 2.45) is 0 Å². The van der Waals surface area contributed by atoms with Gasteiger partial charge in [-0.1, -0.05) is 18.2 Å². The van der Waals surface area contributed by atoms with Gasteiger partial charge in [0.2, 0.25) is 0 Å². The van der Waals surface area contributed by atoms with Crippen molar-refractivity contribution in [1.82, 2.24) is 9.78 Å². The van der Waals surface area contributed by atoms with Crippen LogP contribution in [0.25, 0.3) is 5.69 Å². The first kappa shape index (κ1) is 13.1. The molecule has 0 radical (unpaired) electrons. The number of hydrogen-bond donors (Lipinski definition) is 0. The number of carbonyl (C=O) groups excluding carboxylic acids is 1. The number of para-hydroxylation sites is 1. The Labute approximate surface area is 122 Å². The molecule has 0 unspecified atom stereocenters. The van der Waals surface area contributed by atoms with E-state index in [0.29, 0.717) is 5.56 Å². The Morgan fingerprint density at radius 1 is 1.00 bits per heavy atom. The Morgan fingerprint density at radius 3 is 2.29 bits per heavy atom. The molecule has 104 valence electrons. The van der Waals surface area contributed by atoms with Gasteiger partial charge >= 0.3 is 0 Å². The minimum absolute atomic E-state index is 0.597. The third-order valence-corrected chi connectivity index (χ3v) is 3.14. The zero-order valence-electron chi connectivity index (χ0n) is 11.6. The van der Waals surface area contributed by atoms with Gasteiger partial charge in [0.15, 0.2) is 6.29 Å². The smallest absolute Gasteiger partial charge is 0.153 e. The maximum absolute atomic E-state index is 10.9. The maximum atomic E-state index is 10.9. The van der Waals surface area contributed by atoms with Gasteiger partial charge in [0.05, 0.1) is 16.9 Å². The molecule has 1 aromatic heterocycles. The summed E-state index contributed by atoms with van der Waals surface area (Å²) in [5.74, 6) is 1.55. The molecule has 0 spiro atoms. The molecule has 3 aromatic rings. The van der Waals surface area contributed by atoms with Crippen LogP contribution in [-0.2, 0) is 0 Å². The molecular formula is C17H14N2O2. The number of carbonyl (C=O) groups is 1. The maximum Gasteiger partial charge on any atom is 0.153 e. The Balaban J connectivity index is 1.82. The highest BCUT2D eigenvalue weighted by Gasteiger charge is 2.05. The fourth-order valence-electron chi connectivity index (χ4n) is 2.01. The van der Waals surface area contributed by atoms with E-state index < -0.39 is 0 Å². The van der Waals surface area contributed by atoms with Gasteiger partial charge in [-0.25, -0.2) is 4.68 Å². The molecule has 4 heteroatoms. The summed E-state index contributed by atoms with van der Waals surface area (Å²) in [4.78, 5) is 10.9. The third-order valence-electron chi connectivity index (χ3n) is 3.14. The number of ether oxygens (including phenoxy) is 1. The summed E-state index contributed by atoms with van der Waals surface area (Å²) in [6.07, 6.45) is 2.53. The lowest BCUT2D eigenvalue weighted by atomic mass is 10.3. The Kier molecular flexibility index (Phi) is 3.51. The molecule has 1 heterocycles. The summed E-state index contributed by atoms with van der Waals surface area (Å²) >= 11 is 0. The van der Waals surface area contributed by atoms with Crippen molar-refractivity contribution in [2.45, 2.75) is 6.92 Å². The second-order valence-corrected chi connectivity index (χ2v) is 4.64. The van der Waals surface area contributed by atoms with Gasteiger partial charge in [-0.3, -0.25) is 4.79 Å². The van der Waals surface area contributed by atoms with Gasteiger partial charge in [0.1, 0.15) is 11.5 Å². The van der Waals surface area contributed by atoms with E-state index in [0.717, 1.165) is 29.2 Å². The second-order valence-electron chi connectivity index (χ2n) is 4.64. The van der Waals surface area contributed by atoms with E-state index >= 15 is 0 Å². The van der Waals surface area contributed by atoms with Crippen LogP contribution in [0, 0.1) is 6.92 Å². The third kappa shape index (κ3) is 2.84. The monoisotopic (exact) mass is 278 g/mol. The molecule has 0 saturated carbocycles. The van der Waals surface area contributed by atoms with Crippen LogP contribution in [0.3, 0.4) is 0 Å². The van der Waals surface area contributed by atoms with E-state index in [4.69, 9.17) is 4.74 Å². The minimum atomic E-state index is 0.597. The van der Waals surface area contributed by atoms with E-state index in [-0.39, 0.29) is 0 Å². The van der Waals surface area contributed by atoms with Crippen molar-refractivity contribution in [3.8, 4) is 17.2 Å². The fraction of sp³-hybridized carbons (Fsp3) is 0.0588. The summed E-state index contributed by atoms with van der Waals surface area (Å²) in [7, 11) is 0. The number of aromatic nitrogens is 2. The quantitative estimate of drug-likeness (QED) is 0.682. The van der Waals surface area contributed by atoms with E-state index in [1.54, 1.807) is 10.9 Å². The average molecular weight is 278 g/mol. The van der Waals surface area contributed by atoms with Gasteiger partial charge in [-0.15, -0.1) is 0 Å². The first-order valence-corrected chi connectivity index (χ1v) is 6.61. The van der Waals surface area contributed by atoms with Gasteiger partial charge in [0, 0.05) is 6.20 Å². The summed E-state index contributed by atoms with van der Waals surface area (Å²) in [5.41, 5.74) is 2.20. The van der Waals surface area contributed by atoms with Crippen molar-refractivity contribution in [2.75, 3.05) is 0 Å². The molecule has 0 atom stereocenters. The minimum Gasteiger partial charge on any atom is -0.457 e. The van der Waals surface area contributed by atoms with Gasteiger partial charge in [-0.2, -0.15) is 5.10 Å². The SMILES string of the molecule is Cc1nn(-c2ccc(Oc3ccccc3)cc2)cc1C=O. The standard InChI is InChI=1S/C17H14N2O2/c1-13-14(12-20)11-19(18-13)15-7-9-17(10-8-15)21-16-5-3-2-4-6-16/h2-12H,1H3. The summed E-state index contributed by atoms with van der Waals surface area (Å²) in [5, 5.41) is 4.31. The molecule has 0 bridgehead atoms. The molecule has 0 amide bonds. The predicted octanol–water partition coefficient (Wildman–Crippen LogP) is 3.79. The zero-order chi connectivity index (χ0) is 14.7. The van der Waals surface area contributed by atoms with Gasteiger partial charge in [0.25, 0.3) is 0 Å². The summed E-state index contributed by atoms with van der Waals surface area (Å²) in [6, 6.07) is 17.2. The molecule has 0 fully saturated rings. The first-order chi connectivity index (χ1) is 10.3. The molecule has 0 aliphatic heterocycles. The van der Waals surface area contributed by atoms with Crippen molar-refractivity contribution < 1.29 is 9.53 Å². The molecular weight excluding hydrogens is 264 g/mol. The number of aldehydes is 1. The number of aryl methyl sites for hydroxylation is 1. The van der Waals surface area contributed by atoms with Crippen LogP contribution < -0.4 is 4.74 Å². The molecule has 2 aromatic carbocycles. The van der Waals surface area contributed by atoms with E-state index in [1.165, 1.54) is 0 Å². The molecule has 0 saturated heterocycles. The molecule has 0 N–H and O–H groups in total. The zero-order valence-corrected chi connectivity index (χ0v) is 11.6. The lowest BCUT2D eigenvalue weighted by Crippen LogP contribution is -1.94. The van der Waals surface area contributed by atoms with Crippen molar-refractivity contribution in [1.29, 1.82) is 0 Å². The van der Waals surface area contributed by atoms with Crippen LogP contribution in [0.15, 0.2) is 60.8 Å². The van der Waals surface area contributed by atoms with E-state index in [2.05, 4.69) is 5.10 Å². The summed E-state index contributed by atoms with van der Waals surface area (Å²) in [6.45, 7) is 1.81. The number of nitrogens with zero attached hydrogens (tertiary/aromatic N) is 2. The van der Waals surface area contributed by atoms with Crippen molar-refractivity contribution >= 4 is 6.29 Å². The van der Waals surface area contributed by atoms with Crippen LogP contribution >= 0.6 is 0 Å². The van der Waals surface area contributed by atoms with Crippen LogP contribution in [0.2, 0.25) is 0 Å².